The van der Waals surface area contributed by atoms with Gasteiger partial charge in [-0.3, -0.25) is 18.6 Å². The van der Waals surface area contributed by atoms with Crippen molar-refractivity contribution >= 4 is 19.8 Å². The number of rotatable bonds is 36. The lowest BCUT2D eigenvalue weighted by atomic mass is 10.0. The highest BCUT2D eigenvalue weighted by Crippen LogP contribution is 2.43. The van der Waals surface area contributed by atoms with E-state index in [0.29, 0.717) is 12.8 Å². The fraction of sp³-hybridized carbons (Fsp3) is 0.892. The third kappa shape index (κ3) is 33.2. The van der Waals surface area contributed by atoms with Crippen LogP contribution in [0, 0.1) is 0 Å². The summed E-state index contributed by atoms with van der Waals surface area (Å²) in [4.78, 5) is 34.8. The highest BCUT2D eigenvalue weighted by Gasteiger charge is 2.27. The van der Waals surface area contributed by atoms with E-state index in [0.717, 1.165) is 57.8 Å². The first kappa shape index (κ1) is 46.7. The van der Waals surface area contributed by atoms with Gasteiger partial charge in [-0.1, -0.05) is 142 Å². The minimum Gasteiger partial charge on any atom is -0.462 e. The van der Waals surface area contributed by atoms with E-state index in [1.54, 1.807) is 0 Å². The maximum Gasteiger partial charge on any atom is 0.472 e. The van der Waals surface area contributed by atoms with Crippen LogP contribution in [0.3, 0.4) is 0 Å². The summed E-state index contributed by atoms with van der Waals surface area (Å²) in [6.45, 7) is 2.32. The number of aliphatic hydroxyl groups is 2. The van der Waals surface area contributed by atoms with Gasteiger partial charge >= 0.3 is 19.8 Å². The highest BCUT2D eigenvalue weighted by atomic mass is 31.2. The average Bonchev–Trinajstić information content (AvgIpc) is 3.07. The van der Waals surface area contributed by atoms with Gasteiger partial charge in [-0.15, -0.1) is 0 Å². The SMILES string of the molecule is CCCC/C=C/CCCCCCCC(=O)O[C@H](COC(=O)CCCCCCCCCCCCCCCC)COP(=O)(O)OC[C@@H](O)CO. The molecule has 0 aromatic heterocycles. The molecule has 0 aliphatic carbocycles. The predicted molar refractivity (Wildman–Crippen MR) is 192 cm³/mol. The lowest BCUT2D eigenvalue weighted by molar-refractivity contribution is -0.161. The van der Waals surface area contributed by atoms with Crippen LogP contribution in [-0.2, 0) is 32.7 Å². The van der Waals surface area contributed by atoms with Crippen molar-refractivity contribution in [2.24, 2.45) is 0 Å². The minimum absolute atomic E-state index is 0.177. The number of phosphoric ester groups is 1. The molecule has 0 saturated carbocycles. The molecule has 0 aromatic carbocycles. The monoisotopic (exact) mass is 706 g/mol. The van der Waals surface area contributed by atoms with E-state index in [1.807, 2.05) is 0 Å². The molecule has 0 amide bonds. The number of hydrogen-bond donors (Lipinski definition) is 3. The molecule has 3 atom stereocenters. The largest absolute Gasteiger partial charge is 0.472 e. The molecule has 1 unspecified atom stereocenters. The van der Waals surface area contributed by atoms with Crippen molar-refractivity contribution in [3.05, 3.63) is 12.2 Å². The minimum atomic E-state index is -4.61. The first-order chi connectivity index (χ1) is 23.2. The first-order valence-corrected chi connectivity index (χ1v) is 20.6. The number of allylic oxidation sites excluding steroid dienone is 2. The molecule has 0 saturated heterocycles. The van der Waals surface area contributed by atoms with Crippen LogP contribution < -0.4 is 0 Å². The van der Waals surface area contributed by atoms with Gasteiger partial charge in [0.15, 0.2) is 6.10 Å². The Labute approximate surface area is 292 Å². The molecule has 0 fully saturated rings. The molecule has 3 N–H and O–H groups in total. The van der Waals surface area contributed by atoms with E-state index in [9.17, 15) is 24.2 Å². The second-order valence-corrected chi connectivity index (χ2v) is 14.4. The Balaban J connectivity index is 4.34. The highest BCUT2D eigenvalue weighted by molar-refractivity contribution is 7.47. The van der Waals surface area contributed by atoms with Crippen LogP contribution in [0.2, 0.25) is 0 Å². The molecule has 284 valence electrons. The van der Waals surface area contributed by atoms with Gasteiger partial charge < -0.3 is 24.6 Å². The van der Waals surface area contributed by atoms with Gasteiger partial charge in [0.25, 0.3) is 0 Å². The van der Waals surface area contributed by atoms with Crippen molar-refractivity contribution < 1.29 is 47.8 Å². The Morgan fingerprint density at radius 1 is 0.604 bits per heavy atom. The molecule has 0 heterocycles. The van der Waals surface area contributed by atoms with E-state index < -0.39 is 51.8 Å². The Hall–Kier alpha value is -1.29. The summed E-state index contributed by atoms with van der Waals surface area (Å²) in [6, 6.07) is 0. The summed E-state index contributed by atoms with van der Waals surface area (Å²) in [6.07, 6.45) is 29.0. The number of unbranched alkanes of at least 4 members (excludes halogenated alkanes) is 20. The maximum atomic E-state index is 12.5. The van der Waals surface area contributed by atoms with E-state index in [-0.39, 0.29) is 19.4 Å². The maximum absolute atomic E-state index is 12.5. The molecular formula is C37H71O10P. The van der Waals surface area contributed by atoms with Gasteiger partial charge in [0.1, 0.15) is 12.7 Å². The smallest absolute Gasteiger partial charge is 0.462 e. The van der Waals surface area contributed by atoms with Crippen molar-refractivity contribution in [3.63, 3.8) is 0 Å². The van der Waals surface area contributed by atoms with Crippen LogP contribution in [-0.4, -0.2) is 65.7 Å². The molecule has 11 heteroatoms. The summed E-state index contributed by atoms with van der Waals surface area (Å²) >= 11 is 0. The summed E-state index contributed by atoms with van der Waals surface area (Å²) < 4.78 is 32.5. The number of carbonyl (C=O) groups is 2. The second-order valence-electron chi connectivity index (χ2n) is 13.0. The van der Waals surface area contributed by atoms with Gasteiger partial charge in [-0.2, -0.15) is 0 Å². The van der Waals surface area contributed by atoms with E-state index in [2.05, 4.69) is 30.5 Å². The van der Waals surface area contributed by atoms with Gasteiger partial charge in [0, 0.05) is 12.8 Å². The van der Waals surface area contributed by atoms with Crippen molar-refractivity contribution in [1.29, 1.82) is 0 Å². The van der Waals surface area contributed by atoms with E-state index >= 15 is 0 Å². The molecule has 0 spiro atoms. The third-order valence-corrected chi connectivity index (χ3v) is 9.12. The zero-order valence-corrected chi connectivity index (χ0v) is 31.4. The van der Waals surface area contributed by atoms with Crippen LogP contribution in [0.25, 0.3) is 0 Å². The number of esters is 2. The molecule has 48 heavy (non-hydrogen) atoms. The van der Waals surface area contributed by atoms with Crippen LogP contribution in [0.1, 0.15) is 174 Å². The van der Waals surface area contributed by atoms with Crippen molar-refractivity contribution in [2.45, 2.75) is 187 Å². The molecule has 0 aliphatic rings. The number of aliphatic hydroxyl groups excluding tert-OH is 2. The average molecular weight is 707 g/mol. The summed E-state index contributed by atoms with van der Waals surface area (Å²) in [5.41, 5.74) is 0. The molecule has 10 nitrogen and oxygen atoms in total. The number of phosphoric acid groups is 1. The van der Waals surface area contributed by atoms with Gasteiger partial charge in [-0.25, -0.2) is 4.57 Å². The van der Waals surface area contributed by atoms with Crippen LogP contribution >= 0.6 is 7.82 Å². The van der Waals surface area contributed by atoms with Crippen molar-refractivity contribution in [2.75, 3.05) is 26.4 Å². The molecule has 0 rings (SSSR count). The Morgan fingerprint density at radius 2 is 1.04 bits per heavy atom. The Morgan fingerprint density at radius 3 is 1.56 bits per heavy atom. The molecule has 0 radical (unpaired) electrons. The standard InChI is InChI=1S/C37H71O10P/c1-3-5-7-9-11-13-15-16-17-19-20-22-24-26-28-36(40)44-32-35(33-46-48(42,43)45-31-34(39)30-38)47-37(41)29-27-25-23-21-18-14-12-10-8-6-4-2/h10,12,34-35,38-39H,3-9,11,13-33H2,1-2H3,(H,42,43)/b12-10+/t34-,35+/m0/s1. The topological polar surface area (TPSA) is 149 Å². The summed E-state index contributed by atoms with van der Waals surface area (Å²) in [5, 5.41) is 18.2. The third-order valence-electron chi connectivity index (χ3n) is 8.17. The van der Waals surface area contributed by atoms with Gasteiger partial charge in [0.05, 0.1) is 19.8 Å². The second kappa shape index (κ2) is 34.2. The molecule has 0 bridgehead atoms. The van der Waals surface area contributed by atoms with Crippen LogP contribution in [0.4, 0.5) is 0 Å². The Kier molecular flexibility index (Phi) is 33.3. The zero-order valence-electron chi connectivity index (χ0n) is 30.5. The number of ether oxygens (including phenoxy) is 2. The number of hydrogen-bond acceptors (Lipinski definition) is 9. The van der Waals surface area contributed by atoms with Crippen LogP contribution in [0.15, 0.2) is 12.2 Å². The Bertz CT molecular complexity index is 822. The van der Waals surface area contributed by atoms with E-state index in [4.69, 9.17) is 19.1 Å². The zero-order chi connectivity index (χ0) is 35.6. The lowest BCUT2D eigenvalue weighted by Crippen LogP contribution is -2.29. The van der Waals surface area contributed by atoms with Crippen molar-refractivity contribution in [3.8, 4) is 0 Å². The fourth-order valence-electron chi connectivity index (χ4n) is 5.15. The van der Waals surface area contributed by atoms with Crippen molar-refractivity contribution in [1.82, 2.24) is 0 Å². The van der Waals surface area contributed by atoms with Crippen LogP contribution in [0.5, 0.6) is 0 Å². The molecule has 0 aromatic rings. The molecular weight excluding hydrogens is 635 g/mol. The summed E-state index contributed by atoms with van der Waals surface area (Å²) in [7, 11) is -4.61. The fourth-order valence-corrected chi connectivity index (χ4v) is 5.94. The first-order valence-electron chi connectivity index (χ1n) is 19.1. The van der Waals surface area contributed by atoms with E-state index in [1.165, 1.54) is 77.0 Å². The predicted octanol–water partition coefficient (Wildman–Crippen LogP) is 9.28. The van der Waals surface area contributed by atoms with Gasteiger partial charge in [-0.05, 0) is 32.1 Å². The molecule has 0 aliphatic heterocycles. The summed E-state index contributed by atoms with van der Waals surface area (Å²) in [5.74, 6) is -0.931. The normalized spacial score (nSPS) is 14.2. The van der Waals surface area contributed by atoms with Gasteiger partial charge in [0.2, 0.25) is 0 Å². The number of carbonyl (C=O) groups excluding carboxylic acids is 2. The quantitative estimate of drug-likeness (QED) is 0.0249. The lowest BCUT2D eigenvalue weighted by Gasteiger charge is -2.20.